The first kappa shape index (κ1) is 25.0. The molecule has 5 rings (SSSR count). The molecule has 1 aromatic carbocycles. The van der Waals surface area contributed by atoms with Gasteiger partial charge in [-0.2, -0.15) is 13.9 Å². The molecule has 0 radical (unpaired) electrons. The lowest BCUT2D eigenvalue weighted by atomic mass is 10.1. The third-order valence-electron chi connectivity index (χ3n) is 6.51. The van der Waals surface area contributed by atoms with E-state index >= 15 is 0 Å². The first-order valence-electron chi connectivity index (χ1n) is 12.0. The number of primary amides is 1. The normalized spacial score (nSPS) is 18.1. The number of imidazole rings is 1. The highest BCUT2D eigenvalue weighted by Gasteiger charge is 2.35. The quantitative estimate of drug-likeness (QED) is 0.280. The topological polar surface area (TPSA) is 120 Å². The number of nitrogens with one attached hydrogen (secondary N) is 1. The summed E-state index contributed by atoms with van der Waals surface area (Å²) in [6.07, 6.45) is 6.20. The summed E-state index contributed by atoms with van der Waals surface area (Å²) < 4.78 is 33.3. The fourth-order valence-electron chi connectivity index (χ4n) is 4.64. The molecule has 2 aromatic heterocycles. The molecule has 2 fully saturated rings. The SMILES string of the molecule is C=CC(=O)N1C[C@@H](n2nc(C#Cc3ccc4c(c3)ncn4C3CC3)c(C(N)=O)c2NC)C/C1=C\OC(F)F. The molecule has 1 atom stereocenters. The van der Waals surface area contributed by atoms with E-state index in [1.165, 1.54) is 9.58 Å². The zero-order valence-corrected chi connectivity index (χ0v) is 20.5. The number of hydrogen-bond donors (Lipinski definition) is 2. The number of likely N-dealkylation sites (tertiary alicyclic amines) is 1. The first-order valence-corrected chi connectivity index (χ1v) is 12.0. The lowest BCUT2D eigenvalue weighted by molar-refractivity contribution is -0.124. The number of halogens is 2. The molecule has 1 aliphatic heterocycles. The predicted octanol–water partition coefficient (Wildman–Crippen LogP) is 3.15. The number of nitrogens with zero attached hydrogens (tertiary/aromatic N) is 5. The Balaban J connectivity index is 1.49. The Morgan fingerprint density at radius 3 is 2.74 bits per heavy atom. The summed E-state index contributed by atoms with van der Waals surface area (Å²) >= 11 is 0. The van der Waals surface area contributed by atoms with E-state index in [1.54, 1.807) is 7.05 Å². The van der Waals surface area contributed by atoms with Crippen molar-refractivity contribution in [3.8, 4) is 11.8 Å². The molecule has 1 saturated carbocycles. The summed E-state index contributed by atoms with van der Waals surface area (Å²) in [7, 11) is 1.60. The van der Waals surface area contributed by atoms with E-state index in [2.05, 4.69) is 43.1 Å². The maximum Gasteiger partial charge on any atom is 0.387 e. The van der Waals surface area contributed by atoms with E-state index in [4.69, 9.17) is 5.73 Å². The number of ether oxygens (including phenoxy) is 1. The number of hydrogen-bond acceptors (Lipinski definition) is 6. The molecule has 196 valence electrons. The molecule has 3 heterocycles. The second kappa shape index (κ2) is 10.0. The molecule has 2 amide bonds. The number of nitrogens with two attached hydrogens (primary N) is 1. The van der Waals surface area contributed by atoms with Gasteiger partial charge in [0.1, 0.15) is 17.6 Å². The van der Waals surface area contributed by atoms with E-state index in [9.17, 15) is 18.4 Å². The minimum Gasteiger partial charge on any atom is -0.441 e. The lowest BCUT2D eigenvalue weighted by Gasteiger charge is -2.17. The van der Waals surface area contributed by atoms with Gasteiger partial charge in [-0.25, -0.2) is 9.67 Å². The van der Waals surface area contributed by atoms with Gasteiger partial charge in [0.05, 0.1) is 29.1 Å². The van der Waals surface area contributed by atoms with Crippen LogP contribution in [0, 0.1) is 11.8 Å². The number of rotatable bonds is 7. The first-order chi connectivity index (χ1) is 18.3. The molecule has 1 saturated heterocycles. The summed E-state index contributed by atoms with van der Waals surface area (Å²) in [5.74, 6) is 5.05. The fourth-order valence-corrected chi connectivity index (χ4v) is 4.64. The number of carbonyl (C=O) groups is 2. The van der Waals surface area contributed by atoms with Crippen molar-refractivity contribution in [1.82, 2.24) is 24.2 Å². The molecule has 10 nitrogen and oxygen atoms in total. The van der Waals surface area contributed by atoms with Gasteiger partial charge in [0.15, 0.2) is 5.69 Å². The van der Waals surface area contributed by atoms with Crippen molar-refractivity contribution < 1.29 is 23.1 Å². The van der Waals surface area contributed by atoms with E-state index < -0.39 is 24.5 Å². The number of aromatic nitrogens is 4. The van der Waals surface area contributed by atoms with Gasteiger partial charge in [-0.15, -0.1) is 0 Å². The highest BCUT2D eigenvalue weighted by atomic mass is 19.3. The molecule has 0 spiro atoms. The number of alkyl halides is 2. The largest absolute Gasteiger partial charge is 0.441 e. The maximum absolute atomic E-state index is 12.6. The summed E-state index contributed by atoms with van der Waals surface area (Å²) in [5, 5.41) is 7.46. The van der Waals surface area contributed by atoms with Gasteiger partial charge in [0.25, 0.3) is 5.91 Å². The van der Waals surface area contributed by atoms with Crippen LogP contribution in [0.3, 0.4) is 0 Å². The average Bonchev–Trinajstić information content (AvgIpc) is 3.35. The van der Waals surface area contributed by atoms with Crippen molar-refractivity contribution in [2.24, 2.45) is 5.73 Å². The van der Waals surface area contributed by atoms with Gasteiger partial charge >= 0.3 is 6.61 Å². The van der Waals surface area contributed by atoms with Crippen LogP contribution in [0.2, 0.25) is 0 Å². The third kappa shape index (κ3) is 4.70. The van der Waals surface area contributed by atoms with E-state index in [0.717, 1.165) is 36.2 Å². The van der Waals surface area contributed by atoms with Crippen molar-refractivity contribution in [3.05, 3.63) is 66.0 Å². The van der Waals surface area contributed by atoms with Gasteiger partial charge < -0.3 is 25.3 Å². The Labute approximate surface area is 216 Å². The standard InChI is InChI=1S/C26H25F2N7O3/c1-3-22(36)33-12-17(11-18(33)13-38-26(27)28)35-25(30-2)23(24(29)37)19(32-35)8-4-15-5-9-21-20(10-15)31-14-34(21)16-6-7-16/h3,5,9-10,13-14,16-17,26,30H,1,6-7,11-12H2,2H3,(H2,29,37)/b18-13+/t17-/m0/s1. The molecule has 12 heteroatoms. The summed E-state index contributed by atoms with van der Waals surface area (Å²) in [6, 6.07) is 5.72. The number of benzene rings is 1. The number of anilines is 1. The molecular formula is C26H25F2N7O3. The van der Waals surface area contributed by atoms with Crippen LogP contribution in [-0.2, 0) is 9.53 Å². The van der Waals surface area contributed by atoms with Crippen molar-refractivity contribution in [2.75, 3.05) is 18.9 Å². The molecule has 1 aliphatic carbocycles. The van der Waals surface area contributed by atoms with Gasteiger partial charge in [-0.1, -0.05) is 12.5 Å². The van der Waals surface area contributed by atoms with Crippen LogP contribution in [-0.4, -0.2) is 56.2 Å². The molecule has 38 heavy (non-hydrogen) atoms. The Morgan fingerprint density at radius 1 is 1.29 bits per heavy atom. The van der Waals surface area contributed by atoms with Crippen LogP contribution in [0.25, 0.3) is 11.0 Å². The highest BCUT2D eigenvalue weighted by Crippen LogP contribution is 2.37. The van der Waals surface area contributed by atoms with E-state index in [-0.39, 0.29) is 29.9 Å². The smallest absolute Gasteiger partial charge is 0.387 e. The van der Waals surface area contributed by atoms with Crippen LogP contribution in [0.4, 0.5) is 14.6 Å². The Kier molecular flexibility index (Phi) is 6.59. The van der Waals surface area contributed by atoms with Crippen LogP contribution in [0.5, 0.6) is 0 Å². The number of allylic oxidation sites excluding steroid dienone is 1. The molecular weight excluding hydrogens is 496 g/mol. The van der Waals surface area contributed by atoms with E-state index in [1.807, 2.05) is 24.5 Å². The summed E-state index contributed by atoms with van der Waals surface area (Å²) in [6.45, 7) is 0.516. The maximum atomic E-state index is 12.6. The predicted molar refractivity (Wildman–Crippen MR) is 135 cm³/mol. The second-order valence-corrected chi connectivity index (χ2v) is 8.98. The average molecular weight is 522 g/mol. The zero-order chi connectivity index (χ0) is 27.0. The summed E-state index contributed by atoms with van der Waals surface area (Å²) in [5.41, 5.74) is 8.69. The van der Waals surface area contributed by atoms with Gasteiger partial charge in [-0.3, -0.25) is 9.59 Å². The monoisotopic (exact) mass is 521 g/mol. The molecule has 2 aliphatic rings. The van der Waals surface area contributed by atoms with Crippen molar-refractivity contribution in [1.29, 1.82) is 0 Å². The second-order valence-electron chi connectivity index (χ2n) is 8.98. The van der Waals surface area contributed by atoms with Gasteiger partial charge in [0, 0.05) is 31.6 Å². The number of carbonyl (C=O) groups excluding carboxylic acids is 2. The molecule has 3 aromatic rings. The fraction of sp³-hybridized carbons (Fsp3) is 0.308. The zero-order valence-electron chi connectivity index (χ0n) is 20.5. The van der Waals surface area contributed by atoms with Crippen LogP contribution in [0.1, 0.15) is 53.0 Å². The molecule has 0 unspecified atom stereocenters. The van der Waals surface area contributed by atoms with Crippen molar-refractivity contribution in [3.63, 3.8) is 0 Å². The minimum atomic E-state index is -3.04. The Bertz CT molecular complexity index is 1520. The van der Waals surface area contributed by atoms with Gasteiger partial charge in [-0.05, 0) is 43.0 Å². The summed E-state index contributed by atoms with van der Waals surface area (Å²) in [4.78, 5) is 30.5. The third-order valence-corrected chi connectivity index (χ3v) is 6.51. The Hall–Kier alpha value is -4.66. The van der Waals surface area contributed by atoms with Crippen LogP contribution in [0.15, 0.2) is 49.1 Å². The lowest BCUT2D eigenvalue weighted by Crippen LogP contribution is -2.27. The molecule has 3 N–H and O–H groups in total. The number of amides is 2. The molecule has 0 bridgehead atoms. The van der Waals surface area contributed by atoms with E-state index in [0.29, 0.717) is 17.4 Å². The highest BCUT2D eigenvalue weighted by molar-refractivity contribution is 6.00. The minimum absolute atomic E-state index is 0.0851. The van der Waals surface area contributed by atoms with Gasteiger partial charge in [0.2, 0.25) is 5.91 Å². The van der Waals surface area contributed by atoms with Crippen molar-refractivity contribution >= 4 is 28.7 Å². The van der Waals surface area contributed by atoms with Crippen molar-refractivity contribution in [2.45, 2.75) is 38.0 Å². The van der Waals surface area contributed by atoms with Crippen LogP contribution < -0.4 is 11.1 Å². The Morgan fingerprint density at radius 2 is 2.08 bits per heavy atom. The number of fused-ring (bicyclic) bond motifs is 1. The van der Waals surface area contributed by atoms with Crippen LogP contribution >= 0.6 is 0 Å².